The van der Waals surface area contributed by atoms with E-state index >= 15 is 0 Å². The van der Waals surface area contributed by atoms with Gasteiger partial charge in [0, 0.05) is 36.9 Å². The molecular formula is C18H20N8O. The molecule has 27 heavy (non-hydrogen) atoms. The first-order valence-corrected chi connectivity index (χ1v) is 8.84. The Balaban J connectivity index is 1.40. The fourth-order valence-corrected chi connectivity index (χ4v) is 3.34. The largest absolute Gasteiger partial charge is 0.394 e. The third kappa shape index (κ3) is 2.97. The number of rotatable bonds is 5. The molecule has 5 heterocycles. The summed E-state index contributed by atoms with van der Waals surface area (Å²) in [6.45, 7) is 2.03. The first-order valence-electron chi connectivity index (χ1n) is 8.84. The van der Waals surface area contributed by atoms with Crippen molar-refractivity contribution in [3.05, 3.63) is 60.3 Å². The molecular weight excluding hydrogens is 344 g/mol. The van der Waals surface area contributed by atoms with Crippen LogP contribution in [0.3, 0.4) is 0 Å². The van der Waals surface area contributed by atoms with Gasteiger partial charge in [0.2, 0.25) is 0 Å². The minimum Gasteiger partial charge on any atom is -0.394 e. The molecule has 0 fully saturated rings. The Bertz CT molecular complexity index is 1010. The highest BCUT2D eigenvalue weighted by Gasteiger charge is 2.23. The molecule has 0 aromatic carbocycles. The minimum absolute atomic E-state index is 0.108. The van der Waals surface area contributed by atoms with E-state index in [0.717, 1.165) is 34.0 Å². The van der Waals surface area contributed by atoms with Crippen LogP contribution in [0, 0.1) is 0 Å². The van der Waals surface area contributed by atoms with Gasteiger partial charge in [0.15, 0.2) is 5.82 Å². The molecule has 9 heteroatoms. The Kier molecular flexibility index (Phi) is 3.89. The summed E-state index contributed by atoms with van der Waals surface area (Å²) in [7, 11) is 0. The number of nitrogens with one attached hydrogen (secondary N) is 3. The number of hydrogen-bond acceptors (Lipinski definition) is 8. The summed E-state index contributed by atoms with van der Waals surface area (Å²) < 4.78 is 2.01. The van der Waals surface area contributed by atoms with Gasteiger partial charge in [-0.2, -0.15) is 0 Å². The zero-order valence-corrected chi connectivity index (χ0v) is 14.6. The number of pyridine rings is 2. The molecule has 0 unspecified atom stereocenters. The zero-order valence-electron chi connectivity index (χ0n) is 14.6. The zero-order chi connectivity index (χ0) is 18.2. The van der Waals surface area contributed by atoms with Gasteiger partial charge in [0.05, 0.1) is 31.1 Å². The van der Waals surface area contributed by atoms with Crippen LogP contribution in [-0.4, -0.2) is 44.2 Å². The van der Waals surface area contributed by atoms with Gasteiger partial charge < -0.3 is 19.9 Å². The minimum atomic E-state index is 0.108. The second-order valence-electron chi connectivity index (χ2n) is 6.53. The standard InChI is InChI=1S/C18H20N8O/c27-8-7-25-12-14(9-20-25)15-2-3-16-18(21-15)26(23-22-16)11-13-1-4-17-19-5-6-24(17)10-13/h1-6,10,12,20,22-23,27H,7-9,11H2. The number of hydrogen-bond donors (Lipinski definition) is 4. The Morgan fingerprint density at radius 3 is 3.07 bits per heavy atom. The lowest BCUT2D eigenvalue weighted by atomic mass is 10.2. The van der Waals surface area contributed by atoms with Crippen molar-refractivity contribution in [3.63, 3.8) is 0 Å². The molecule has 4 N–H and O–H groups in total. The number of aliphatic hydroxyl groups excluding tert-OH is 1. The molecule has 0 radical (unpaired) electrons. The van der Waals surface area contributed by atoms with E-state index in [2.05, 4.69) is 33.6 Å². The van der Waals surface area contributed by atoms with Gasteiger partial charge in [-0.15, -0.1) is 5.53 Å². The molecule has 0 saturated carbocycles. The third-order valence-electron chi connectivity index (χ3n) is 4.70. The van der Waals surface area contributed by atoms with Gasteiger partial charge in [-0.1, -0.05) is 6.07 Å². The van der Waals surface area contributed by atoms with E-state index in [0.29, 0.717) is 19.6 Å². The fourth-order valence-electron chi connectivity index (χ4n) is 3.34. The maximum atomic E-state index is 9.08. The summed E-state index contributed by atoms with van der Waals surface area (Å²) in [4.78, 5) is 9.12. The first-order chi connectivity index (χ1) is 13.3. The molecule has 0 amide bonds. The monoisotopic (exact) mass is 364 g/mol. The molecule has 3 aromatic heterocycles. The van der Waals surface area contributed by atoms with E-state index < -0.39 is 0 Å². The van der Waals surface area contributed by atoms with E-state index in [1.165, 1.54) is 0 Å². The number of aliphatic hydroxyl groups is 1. The maximum Gasteiger partial charge on any atom is 0.170 e. The highest BCUT2D eigenvalue weighted by atomic mass is 16.3. The molecule has 0 bridgehead atoms. The van der Waals surface area contributed by atoms with E-state index in [4.69, 9.17) is 10.1 Å². The number of imidazole rings is 1. The summed E-state index contributed by atoms with van der Waals surface area (Å²) in [5.41, 5.74) is 14.6. The van der Waals surface area contributed by atoms with Crippen LogP contribution >= 0.6 is 0 Å². The Labute approximate surface area is 155 Å². The highest BCUT2D eigenvalue weighted by Crippen LogP contribution is 2.30. The summed E-state index contributed by atoms with van der Waals surface area (Å²) in [5.74, 6) is 0.861. The topological polar surface area (TPSA) is 93.0 Å². The lowest BCUT2D eigenvalue weighted by molar-refractivity contribution is 0.210. The number of fused-ring (bicyclic) bond motifs is 2. The van der Waals surface area contributed by atoms with Crippen LogP contribution in [0.2, 0.25) is 0 Å². The van der Waals surface area contributed by atoms with Gasteiger partial charge in [-0.3, -0.25) is 5.01 Å². The molecule has 0 spiro atoms. The van der Waals surface area contributed by atoms with Crippen molar-refractivity contribution in [2.45, 2.75) is 6.54 Å². The van der Waals surface area contributed by atoms with Crippen molar-refractivity contribution in [1.29, 1.82) is 0 Å². The van der Waals surface area contributed by atoms with E-state index in [1.807, 2.05) is 45.0 Å². The van der Waals surface area contributed by atoms with Crippen LogP contribution in [0.15, 0.2) is 49.1 Å². The molecule has 5 rings (SSSR count). The van der Waals surface area contributed by atoms with E-state index in [9.17, 15) is 0 Å². The van der Waals surface area contributed by atoms with Gasteiger partial charge in [-0.25, -0.2) is 15.4 Å². The van der Waals surface area contributed by atoms with Gasteiger partial charge >= 0.3 is 0 Å². The van der Waals surface area contributed by atoms with Crippen LogP contribution in [0.5, 0.6) is 0 Å². The van der Waals surface area contributed by atoms with Crippen molar-refractivity contribution >= 4 is 22.7 Å². The molecule has 138 valence electrons. The van der Waals surface area contributed by atoms with Crippen LogP contribution < -0.4 is 21.4 Å². The number of β-amino-alcohol motifs (C(OH)–C–C–N with tert-alkyl or cyclic N) is 1. The smallest absolute Gasteiger partial charge is 0.170 e. The average molecular weight is 364 g/mol. The third-order valence-corrected chi connectivity index (χ3v) is 4.70. The van der Waals surface area contributed by atoms with Crippen LogP contribution in [0.4, 0.5) is 11.5 Å². The van der Waals surface area contributed by atoms with Crippen molar-refractivity contribution < 1.29 is 5.11 Å². The SMILES string of the molecule is OCCN1C=C(c2ccc3c(n2)N(Cc2ccc4nccn4c2)NN3)CN1. The molecule has 0 aliphatic carbocycles. The predicted octanol–water partition coefficient (Wildman–Crippen LogP) is 0.734. The molecule has 9 nitrogen and oxygen atoms in total. The Hall–Kier alpha value is -3.14. The van der Waals surface area contributed by atoms with Gasteiger partial charge in [0.1, 0.15) is 5.65 Å². The van der Waals surface area contributed by atoms with Crippen molar-refractivity contribution in [2.24, 2.45) is 0 Å². The fraction of sp³-hybridized carbons (Fsp3) is 0.222. The lowest BCUT2D eigenvalue weighted by Crippen LogP contribution is -2.35. The molecule has 2 aliphatic rings. The quantitative estimate of drug-likeness (QED) is 0.527. The summed E-state index contributed by atoms with van der Waals surface area (Å²) in [6.07, 6.45) is 7.80. The summed E-state index contributed by atoms with van der Waals surface area (Å²) in [5, 5.41) is 13.0. The Morgan fingerprint density at radius 1 is 1.19 bits per heavy atom. The number of anilines is 2. The van der Waals surface area contributed by atoms with Crippen molar-refractivity contribution in [3.8, 4) is 0 Å². The van der Waals surface area contributed by atoms with Crippen LogP contribution in [0.25, 0.3) is 11.2 Å². The molecule has 0 atom stereocenters. The van der Waals surface area contributed by atoms with Gasteiger partial charge in [-0.05, 0) is 23.8 Å². The first kappa shape index (κ1) is 16.1. The van der Waals surface area contributed by atoms with Crippen molar-refractivity contribution in [1.82, 2.24) is 30.3 Å². The second-order valence-corrected chi connectivity index (χ2v) is 6.53. The summed E-state index contributed by atoms with van der Waals surface area (Å²) in [6, 6.07) is 8.11. The number of nitrogens with zero attached hydrogens (tertiary/aromatic N) is 5. The van der Waals surface area contributed by atoms with Crippen LogP contribution in [-0.2, 0) is 6.54 Å². The number of aromatic nitrogens is 3. The van der Waals surface area contributed by atoms with Crippen LogP contribution in [0.1, 0.15) is 11.3 Å². The lowest BCUT2D eigenvalue weighted by Gasteiger charge is -2.17. The Morgan fingerprint density at radius 2 is 2.15 bits per heavy atom. The van der Waals surface area contributed by atoms with Crippen molar-refractivity contribution in [2.75, 3.05) is 30.1 Å². The normalized spacial score (nSPS) is 16.0. The molecule has 2 aliphatic heterocycles. The second kappa shape index (κ2) is 6.54. The maximum absolute atomic E-state index is 9.08. The highest BCUT2D eigenvalue weighted by molar-refractivity contribution is 5.74. The molecule has 3 aromatic rings. The predicted molar refractivity (Wildman–Crippen MR) is 102 cm³/mol. The average Bonchev–Trinajstić information content (AvgIpc) is 3.41. The number of hydrazine groups is 3. The molecule has 0 saturated heterocycles. The van der Waals surface area contributed by atoms with E-state index in [-0.39, 0.29) is 6.61 Å². The van der Waals surface area contributed by atoms with E-state index in [1.54, 1.807) is 6.20 Å². The van der Waals surface area contributed by atoms with Gasteiger partial charge in [0.25, 0.3) is 0 Å². The summed E-state index contributed by atoms with van der Waals surface area (Å²) >= 11 is 0.